The number of hydrogen-bond acceptors (Lipinski definition) is 8. The highest BCUT2D eigenvalue weighted by Gasteiger charge is 2.45. The molecule has 4 aliphatic rings. The monoisotopic (exact) mass is 525 g/mol. The van der Waals surface area contributed by atoms with Gasteiger partial charge in [0.25, 0.3) is 11.8 Å². The molecule has 1 aromatic rings. The molecule has 0 saturated carbocycles. The summed E-state index contributed by atoms with van der Waals surface area (Å²) >= 11 is 0. The first kappa shape index (κ1) is 26.3. The largest absolute Gasteiger partial charge is 0.375 e. The molecule has 4 aliphatic heterocycles. The number of carbonyl (C=O) groups excluding carboxylic acids is 5. The number of amides is 5. The predicted octanol–water partition coefficient (Wildman–Crippen LogP) is 0.803. The summed E-state index contributed by atoms with van der Waals surface area (Å²) in [5, 5.41) is 2.21. The number of ether oxygens (including phenoxy) is 1. The van der Waals surface area contributed by atoms with Gasteiger partial charge in [-0.15, -0.1) is 0 Å². The zero-order chi connectivity index (χ0) is 26.8. The van der Waals surface area contributed by atoms with Gasteiger partial charge in [0.15, 0.2) is 0 Å². The molecule has 5 rings (SSSR count). The number of nitrogens with zero attached hydrogens (tertiary/aromatic N) is 3. The Balaban J connectivity index is 1.03. The topological polar surface area (TPSA) is 142 Å². The molecule has 38 heavy (non-hydrogen) atoms. The molecule has 4 heterocycles. The Morgan fingerprint density at radius 3 is 2.45 bits per heavy atom. The summed E-state index contributed by atoms with van der Waals surface area (Å²) in [6.07, 6.45) is 5.39. The van der Waals surface area contributed by atoms with E-state index in [0.29, 0.717) is 26.1 Å². The maximum absolute atomic E-state index is 13.0. The van der Waals surface area contributed by atoms with Crippen molar-refractivity contribution in [1.29, 1.82) is 0 Å². The predicted molar refractivity (Wildman–Crippen MR) is 137 cm³/mol. The molecule has 3 saturated heterocycles. The Morgan fingerprint density at radius 2 is 1.71 bits per heavy atom. The van der Waals surface area contributed by atoms with Crippen LogP contribution in [0, 0.1) is 0 Å². The van der Waals surface area contributed by atoms with E-state index in [1.807, 2.05) is 4.90 Å². The smallest absolute Gasteiger partial charge is 0.262 e. The molecule has 204 valence electrons. The van der Waals surface area contributed by atoms with E-state index in [-0.39, 0.29) is 42.0 Å². The van der Waals surface area contributed by atoms with Gasteiger partial charge in [0.2, 0.25) is 17.7 Å². The average Bonchev–Trinajstić information content (AvgIpc) is 3.12. The Bertz CT molecular complexity index is 1120. The van der Waals surface area contributed by atoms with E-state index < -0.39 is 29.7 Å². The van der Waals surface area contributed by atoms with E-state index in [0.717, 1.165) is 55.8 Å². The van der Waals surface area contributed by atoms with Crippen molar-refractivity contribution in [1.82, 2.24) is 15.1 Å². The summed E-state index contributed by atoms with van der Waals surface area (Å²) < 4.78 is 5.96. The molecule has 0 radical (unpaired) electrons. The first-order valence-corrected chi connectivity index (χ1v) is 13.6. The number of benzene rings is 1. The van der Waals surface area contributed by atoms with Crippen LogP contribution < -0.4 is 16.0 Å². The van der Waals surface area contributed by atoms with Crippen molar-refractivity contribution in [3.63, 3.8) is 0 Å². The minimum Gasteiger partial charge on any atom is -0.375 e. The number of nitrogens with two attached hydrogens (primary N) is 1. The molecule has 1 aromatic carbocycles. The molecule has 5 amide bonds. The molecule has 11 heteroatoms. The summed E-state index contributed by atoms with van der Waals surface area (Å²) in [6, 6.07) is 4.40. The summed E-state index contributed by atoms with van der Waals surface area (Å²) in [6.45, 7) is 3.56. The number of imide groups is 2. The third-order valence-electron chi connectivity index (χ3n) is 7.92. The van der Waals surface area contributed by atoms with Crippen LogP contribution in [0.15, 0.2) is 18.2 Å². The molecule has 0 spiro atoms. The first-order chi connectivity index (χ1) is 18.3. The lowest BCUT2D eigenvalue weighted by molar-refractivity contribution is -0.136. The number of unbranched alkanes of at least 4 members (excludes halogenated alkanes) is 2. The van der Waals surface area contributed by atoms with Crippen LogP contribution in [0.25, 0.3) is 0 Å². The van der Waals surface area contributed by atoms with E-state index in [1.165, 1.54) is 0 Å². The normalized spacial score (nSPS) is 22.6. The zero-order valence-electron chi connectivity index (χ0n) is 21.5. The van der Waals surface area contributed by atoms with E-state index in [4.69, 9.17) is 10.5 Å². The summed E-state index contributed by atoms with van der Waals surface area (Å²) in [4.78, 5) is 66.8. The SMILES string of the molecule is NC1CCN(C(=O)CCCCCOC2CN(c3ccc4c(c3)C(=O)N(C3CCC(=O)NC3=O)C4=O)C2)CC1. The van der Waals surface area contributed by atoms with Gasteiger partial charge in [-0.05, 0) is 50.3 Å². The van der Waals surface area contributed by atoms with Crippen molar-refractivity contribution >= 4 is 35.2 Å². The number of hydrogen-bond donors (Lipinski definition) is 2. The summed E-state index contributed by atoms with van der Waals surface area (Å²) in [5.74, 6) is -1.79. The van der Waals surface area contributed by atoms with Gasteiger partial charge >= 0.3 is 0 Å². The van der Waals surface area contributed by atoms with Gasteiger partial charge in [0, 0.05) is 57.4 Å². The highest BCUT2D eigenvalue weighted by molar-refractivity contribution is 6.23. The van der Waals surface area contributed by atoms with Crippen LogP contribution in [0.3, 0.4) is 0 Å². The average molecular weight is 526 g/mol. The van der Waals surface area contributed by atoms with Crippen molar-refractivity contribution in [2.24, 2.45) is 5.73 Å². The second-order valence-electron chi connectivity index (χ2n) is 10.6. The number of anilines is 1. The first-order valence-electron chi connectivity index (χ1n) is 13.6. The standard InChI is InChI=1S/C27H35N5O6/c28-17-9-11-30(12-10-17)24(34)4-2-1-3-13-38-19-15-31(16-19)18-5-6-20-21(14-18)27(37)32(26(20)36)22-7-8-23(33)29-25(22)35/h5-6,14,17,19,22H,1-4,7-13,15-16,28H2,(H,29,33,35). The maximum Gasteiger partial charge on any atom is 0.262 e. The molecular weight excluding hydrogens is 490 g/mol. The number of carbonyl (C=O) groups is 5. The van der Waals surface area contributed by atoms with Gasteiger partial charge in [0.1, 0.15) is 6.04 Å². The highest BCUT2D eigenvalue weighted by atomic mass is 16.5. The van der Waals surface area contributed by atoms with Crippen molar-refractivity contribution in [3.05, 3.63) is 29.3 Å². The number of nitrogens with one attached hydrogen (secondary N) is 1. The summed E-state index contributed by atoms with van der Waals surface area (Å²) in [5.41, 5.74) is 7.29. The van der Waals surface area contributed by atoms with E-state index >= 15 is 0 Å². The molecule has 0 aromatic heterocycles. The number of rotatable bonds is 9. The third-order valence-corrected chi connectivity index (χ3v) is 7.92. The number of fused-ring (bicyclic) bond motifs is 1. The van der Waals surface area contributed by atoms with Crippen LogP contribution in [0.5, 0.6) is 0 Å². The Labute approximate surface area is 221 Å². The quantitative estimate of drug-likeness (QED) is 0.356. The van der Waals surface area contributed by atoms with Gasteiger partial charge in [0.05, 0.1) is 17.2 Å². The minimum atomic E-state index is -0.966. The summed E-state index contributed by atoms with van der Waals surface area (Å²) in [7, 11) is 0. The third kappa shape index (κ3) is 5.44. The van der Waals surface area contributed by atoms with Gasteiger partial charge in [-0.25, -0.2) is 0 Å². The molecule has 3 N–H and O–H groups in total. The van der Waals surface area contributed by atoms with Crippen molar-refractivity contribution in [2.75, 3.05) is 37.7 Å². The van der Waals surface area contributed by atoms with Crippen molar-refractivity contribution in [2.45, 2.75) is 69.6 Å². The Morgan fingerprint density at radius 1 is 0.974 bits per heavy atom. The van der Waals surface area contributed by atoms with E-state index in [1.54, 1.807) is 18.2 Å². The molecule has 3 fully saturated rings. The zero-order valence-corrected chi connectivity index (χ0v) is 21.5. The molecule has 1 unspecified atom stereocenters. The van der Waals surface area contributed by atoms with Crippen LogP contribution in [0.4, 0.5) is 5.69 Å². The molecule has 0 bridgehead atoms. The highest BCUT2D eigenvalue weighted by Crippen LogP contribution is 2.32. The molecule has 1 atom stereocenters. The maximum atomic E-state index is 13.0. The van der Waals surface area contributed by atoms with E-state index in [2.05, 4.69) is 10.2 Å². The second kappa shape index (κ2) is 11.2. The number of likely N-dealkylation sites (tertiary alicyclic amines) is 1. The fourth-order valence-electron chi connectivity index (χ4n) is 5.52. The molecular formula is C27H35N5O6. The fourth-order valence-corrected chi connectivity index (χ4v) is 5.52. The van der Waals surface area contributed by atoms with Crippen LogP contribution in [0.1, 0.15) is 72.1 Å². The molecule has 0 aliphatic carbocycles. The second-order valence-corrected chi connectivity index (χ2v) is 10.6. The number of piperidine rings is 2. The van der Waals surface area contributed by atoms with Crippen LogP contribution in [0.2, 0.25) is 0 Å². The minimum absolute atomic E-state index is 0.0938. The van der Waals surface area contributed by atoms with Gasteiger partial charge < -0.3 is 20.3 Å². The Kier molecular flexibility index (Phi) is 7.75. The lowest BCUT2D eigenvalue weighted by atomic mass is 10.0. The van der Waals surface area contributed by atoms with Crippen LogP contribution >= 0.6 is 0 Å². The van der Waals surface area contributed by atoms with E-state index in [9.17, 15) is 24.0 Å². The lowest BCUT2D eigenvalue weighted by Gasteiger charge is -2.40. The lowest BCUT2D eigenvalue weighted by Crippen LogP contribution is -2.54. The fraction of sp³-hybridized carbons (Fsp3) is 0.593. The van der Waals surface area contributed by atoms with Gasteiger partial charge in [-0.1, -0.05) is 6.42 Å². The van der Waals surface area contributed by atoms with Crippen LogP contribution in [-0.2, 0) is 19.1 Å². The molecule has 11 nitrogen and oxygen atoms in total. The van der Waals surface area contributed by atoms with Crippen LogP contribution in [-0.4, -0.2) is 90.3 Å². The van der Waals surface area contributed by atoms with Gasteiger partial charge in [-0.2, -0.15) is 0 Å². The van der Waals surface area contributed by atoms with Gasteiger partial charge in [-0.3, -0.25) is 34.2 Å². The Hall–Kier alpha value is -3.31. The van der Waals surface area contributed by atoms with Crippen molar-refractivity contribution < 1.29 is 28.7 Å². The van der Waals surface area contributed by atoms with Crippen molar-refractivity contribution in [3.8, 4) is 0 Å².